The molecule has 1 unspecified atom stereocenters. The molecule has 0 radical (unpaired) electrons. The van der Waals surface area contributed by atoms with E-state index in [4.69, 9.17) is 0 Å². The van der Waals surface area contributed by atoms with Gasteiger partial charge in [0.15, 0.2) is 0 Å². The van der Waals surface area contributed by atoms with Crippen LogP contribution in [0.15, 0.2) is 11.6 Å². The van der Waals surface area contributed by atoms with Crippen LogP contribution in [0.3, 0.4) is 0 Å². The van der Waals surface area contributed by atoms with Crippen LogP contribution in [0, 0.1) is 0 Å². The van der Waals surface area contributed by atoms with Crippen LogP contribution in [0.4, 0.5) is 0 Å². The number of hydrogen-bond acceptors (Lipinski definition) is 3. The number of hydrogen-bond donors (Lipinski definition) is 1. The Labute approximate surface area is 126 Å². The van der Waals surface area contributed by atoms with Gasteiger partial charge in [0, 0.05) is 24.7 Å². The number of piperidine rings is 1. The number of carboxylic acids is 1. The Morgan fingerprint density at radius 3 is 2.43 bits per heavy atom. The van der Waals surface area contributed by atoms with Crippen LogP contribution in [-0.2, 0) is 9.59 Å². The number of carboxylic acid groups (broad SMARTS) is 1. The molecule has 118 valence electrons. The van der Waals surface area contributed by atoms with Gasteiger partial charge < -0.3 is 10.0 Å². The molecule has 1 atom stereocenters. The molecule has 2 aliphatic heterocycles. The highest BCUT2D eigenvalue weighted by Crippen LogP contribution is 2.26. The molecule has 0 aromatic rings. The standard InChI is InChI=1S/C16H26N2O3/c1-3-5-12(2)15(19)17-10-7-13(8-11-17)18-9-4-6-14(18)16(20)21/h5,13-14H,3-4,6-11H2,1-2H3,(H,20,21)/b12-5+. The highest BCUT2D eigenvalue weighted by atomic mass is 16.4. The van der Waals surface area contributed by atoms with Crippen molar-refractivity contribution in [2.24, 2.45) is 0 Å². The Balaban J connectivity index is 1.90. The second-order valence-corrected chi connectivity index (χ2v) is 6.05. The molecule has 21 heavy (non-hydrogen) atoms. The van der Waals surface area contributed by atoms with Gasteiger partial charge in [-0.3, -0.25) is 14.5 Å². The fraction of sp³-hybridized carbons (Fsp3) is 0.750. The molecule has 0 spiro atoms. The average Bonchev–Trinajstić information content (AvgIpc) is 2.96. The smallest absolute Gasteiger partial charge is 0.320 e. The van der Waals surface area contributed by atoms with E-state index in [9.17, 15) is 14.7 Å². The first-order valence-corrected chi connectivity index (χ1v) is 7.99. The molecule has 2 aliphatic rings. The zero-order chi connectivity index (χ0) is 15.4. The maximum atomic E-state index is 12.2. The van der Waals surface area contributed by atoms with Gasteiger partial charge in [0.05, 0.1) is 0 Å². The number of amides is 1. The number of allylic oxidation sites excluding steroid dienone is 1. The zero-order valence-electron chi connectivity index (χ0n) is 13.0. The number of carbonyl (C=O) groups is 2. The molecular weight excluding hydrogens is 268 g/mol. The summed E-state index contributed by atoms with van der Waals surface area (Å²) in [4.78, 5) is 27.6. The molecule has 0 aromatic carbocycles. The first-order chi connectivity index (χ1) is 10.0. The number of nitrogens with zero attached hydrogens (tertiary/aromatic N) is 2. The van der Waals surface area contributed by atoms with E-state index in [1.54, 1.807) is 0 Å². The zero-order valence-corrected chi connectivity index (χ0v) is 13.0. The largest absolute Gasteiger partial charge is 0.480 e. The van der Waals surface area contributed by atoms with Crippen molar-refractivity contribution in [3.05, 3.63) is 11.6 Å². The van der Waals surface area contributed by atoms with E-state index in [1.807, 2.05) is 24.8 Å². The highest BCUT2D eigenvalue weighted by Gasteiger charge is 2.37. The van der Waals surface area contributed by atoms with Gasteiger partial charge in [-0.2, -0.15) is 0 Å². The van der Waals surface area contributed by atoms with E-state index in [0.717, 1.165) is 57.3 Å². The fourth-order valence-electron chi connectivity index (χ4n) is 3.53. The summed E-state index contributed by atoms with van der Waals surface area (Å²) in [5.41, 5.74) is 0.820. The van der Waals surface area contributed by atoms with Crippen LogP contribution in [-0.4, -0.2) is 58.5 Å². The second kappa shape index (κ2) is 7.07. The van der Waals surface area contributed by atoms with Crippen LogP contribution >= 0.6 is 0 Å². The average molecular weight is 294 g/mol. The lowest BCUT2D eigenvalue weighted by atomic mass is 10.0. The molecule has 1 N–H and O–H groups in total. The van der Waals surface area contributed by atoms with Crippen LogP contribution in [0.25, 0.3) is 0 Å². The van der Waals surface area contributed by atoms with Gasteiger partial charge >= 0.3 is 5.97 Å². The van der Waals surface area contributed by atoms with Gasteiger partial charge in [0.25, 0.3) is 0 Å². The van der Waals surface area contributed by atoms with Crippen molar-refractivity contribution in [3.63, 3.8) is 0 Å². The van der Waals surface area contributed by atoms with Crippen molar-refractivity contribution < 1.29 is 14.7 Å². The summed E-state index contributed by atoms with van der Waals surface area (Å²) < 4.78 is 0. The van der Waals surface area contributed by atoms with Crippen molar-refractivity contribution in [2.75, 3.05) is 19.6 Å². The first-order valence-electron chi connectivity index (χ1n) is 7.99. The maximum absolute atomic E-state index is 12.2. The molecule has 2 rings (SSSR count). The number of likely N-dealkylation sites (tertiary alicyclic amines) is 2. The van der Waals surface area contributed by atoms with Crippen LogP contribution in [0.5, 0.6) is 0 Å². The van der Waals surface area contributed by atoms with Gasteiger partial charge in [0.2, 0.25) is 5.91 Å². The Hall–Kier alpha value is -1.36. The molecule has 0 saturated carbocycles. The lowest BCUT2D eigenvalue weighted by Gasteiger charge is -2.38. The summed E-state index contributed by atoms with van der Waals surface area (Å²) in [6.45, 7) is 6.26. The SMILES string of the molecule is CC/C=C(\C)C(=O)N1CCC(N2CCCC2C(=O)O)CC1. The fourth-order valence-corrected chi connectivity index (χ4v) is 3.53. The van der Waals surface area contributed by atoms with Crippen molar-refractivity contribution in [1.82, 2.24) is 9.80 Å². The minimum absolute atomic E-state index is 0.131. The summed E-state index contributed by atoms with van der Waals surface area (Å²) in [6.07, 6.45) is 6.34. The topological polar surface area (TPSA) is 60.9 Å². The van der Waals surface area contributed by atoms with E-state index in [1.165, 1.54) is 0 Å². The summed E-state index contributed by atoms with van der Waals surface area (Å²) in [5.74, 6) is -0.570. The van der Waals surface area contributed by atoms with Crippen molar-refractivity contribution in [3.8, 4) is 0 Å². The van der Waals surface area contributed by atoms with Gasteiger partial charge in [0.1, 0.15) is 6.04 Å². The molecule has 2 heterocycles. The van der Waals surface area contributed by atoms with E-state index >= 15 is 0 Å². The van der Waals surface area contributed by atoms with E-state index in [0.29, 0.717) is 6.04 Å². The quantitative estimate of drug-likeness (QED) is 0.804. The molecule has 5 nitrogen and oxygen atoms in total. The van der Waals surface area contributed by atoms with E-state index in [-0.39, 0.29) is 11.9 Å². The monoisotopic (exact) mass is 294 g/mol. The van der Waals surface area contributed by atoms with Crippen LogP contribution in [0.2, 0.25) is 0 Å². The third-order valence-electron chi connectivity index (χ3n) is 4.65. The van der Waals surface area contributed by atoms with Crippen molar-refractivity contribution in [2.45, 2.75) is 58.0 Å². The number of aliphatic carboxylic acids is 1. The minimum atomic E-state index is -0.701. The van der Waals surface area contributed by atoms with Crippen molar-refractivity contribution in [1.29, 1.82) is 0 Å². The van der Waals surface area contributed by atoms with Gasteiger partial charge in [-0.15, -0.1) is 0 Å². The van der Waals surface area contributed by atoms with Gasteiger partial charge in [-0.1, -0.05) is 13.0 Å². The second-order valence-electron chi connectivity index (χ2n) is 6.05. The van der Waals surface area contributed by atoms with Gasteiger partial charge in [-0.25, -0.2) is 0 Å². The molecule has 2 saturated heterocycles. The van der Waals surface area contributed by atoms with Crippen molar-refractivity contribution >= 4 is 11.9 Å². The third-order valence-corrected chi connectivity index (χ3v) is 4.65. The normalized spacial score (nSPS) is 25.3. The van der Waals surface area contributed by atoms with Crippen LogP contribution < -0.4 is 0 Å². The molecule has 1 amide bonds. The first kappa shape index (κ1) is 16.0. The number of rotatable bonds is 4. The van der Waals surface area contributed by atoms with E-state index in [2.05, 4.69) is 4.90 Å². The van der Waals surface area contributed by atoms with Gasteiger partial charge in [-0.05, 0) is 45.6 Å². The maximum Gasteiger partial charge on any atom is 0.320 e. The third kappa shape index (κ3) is 3.64. The summed E-state index contributed by atoms with van der Waals surface area (Å²) >= 11 is 0. The van der Waals surface area contributed by atoms with E-state index < -0.39 is 5.97 Å². The molecule has 0 aliphatic carbocycles. The summed E-state index contributed by atoms with van der Waals surface area (Å²) in [6, 6.07) is -0.00733. The lowest BCUT2D eigenvalue weighted by Crippen LogP contribution is -2.50. The molecule has 5 heteroatoms. The number of carbonyl (C=O) groups excluding carboxylic acids is 1. The lowest BCUT2D eigenvalue weighted by molar-refractivity contribution is -0.143. The Bertz CT molecular complexity index is 425. The van der Waals surface area contributed by atoms with Crippen LogP contribution in [0.1, 0.15) is 46.0 Å². The predicted molar refractivity (Wildman–Crippen MR) is 81.0 cm³/mol. The Morgan fingerprint density at radius 2 is 1.86 bits per heavy atom. The Kier molecular flexibility index (Phi) is 5.39. The molecular formula is C16H26N2O3. The summed E-state index contributed by atoms with van der Waals surface area (Å²) in [5, 5.41) is 9.27. The minimum Gasteiger partial charge on any atom is -0.480 e. The summed E-state index contributed by atoms with van der Waals surface area (Å²) in [7, 11) is 0. The predicted octanol–water partition coefficient (Wildman–Crippen LogP) is 1.88. The molecule has 0 bridgehead atoms. The Morgan fingerprint density at radius 1 is 1.19 bits per heavy atom. The molecule has 2 fully saturated rings. The molecule has 0 aromatic heterocycles. The highest BCUT2D eigenvalue weighted by molar-refractivity contribution is 5.92.